The van der Waals surface area contributed by atoms with Gasteiger partial charge in [-0.25, -0.2) is 4.79 Å². The Bertz CT molecular complexity index is 493. The van der Waals surface area contributed by atoms with Crippen molar-refractivity contribution in [1.82, 2.24) is 0 Å². The number of fused-ring (bicyclic) bond motifs is 1. The fourth-order valence-corrected chi connectivity index (χ4v) is 4.13. The monoisotopic (exact) mass is 292 g/mol. The maximum absolute atomic E-state index is 11.4. The second-order valence-corrected chi connectivity index (χ2v) is 6.74. The second kappa shape index (κ2) is 5.66. The molecule has 0 aromatic carbocycles. The van der Waals surface area contributed by atoms with Crippen molar-refractivity contribution >= 4 is 11.9 Å². The topological polar surface area (TPSA) is 63.6 Å². The highest BCUT2D eigenvalue weighted by atomic mass is 16.5. The number of hydrogen-bond acceptors (Lipinski definition) is 3. The summed E-state index contributed by atoms with van der Waals surface area (Å²) in [5.74, 6) is -1.40. The number of aliphatic carboxylic acids is 1. The van der Waals surface area contributed by atoms with Gasteiger partial charge in [-0.15, -0.1) is 0 Å². The van der Waals surface area contributed by atoms with E-state index in [-0.39, 0.29) is 22.9 Å². The van der Waals surface area contributed by atoms with Gasteiger partial charge in [0, 0.05) is 18.4 Å². The standard InChI is InChI=1S/C17H24O4/c1-10-6-5-7-17(4)9-15(21-12(3)18)13(8-14(10)17)11(2)16(19)20/h13-15H,1-2,5-9H2,3-4H3,(H,19,20). The van der Waals surface area contributed by atoms with Crippen molar-refractivity contribution in [3.63, 3.8) is 0 Å². The molecule has 0 amide bonds. The van der Waals surface area contributed by atoms with Crippen molar-refractivity contribution in [1.29, 1.82) is 0 Å². The van der Waals surface area contributed by atoms with Gasteiger partial charge in [-0.1, -0.05) is 25.7 Å². The number of ether oxygens (including phenoxy) is 1. The van der Waals surface area contributed by atoms with Gasteiger partial charge in [0.05, 0.1) is 0 Å². The van der Waals surface area contributed by atoms with Crippen LogP contribution in [0.2, 0.25) is 0 Å². The van der Waals surface area contributed by atoms with Gasteiger partial charge in [0.2, 0.25) is 0 Å². The lowest BCUT2D eigenvalue weighted by Gasteiger charge is -2.51. The van der Waals surface area contributed by atoms with Gasteiger partial charge in [0.15, 0.2) is 0 Å². The molecule has 2 aliphatic carbocycles. The van der Waals surface area contributed by atoms with Gasteiger partial charge >= 0.3 is 11.9 Å². The van der Waals surface area contributed by atoms with E-state index in [2.05, 4.69) is 20.1 Å². The second-order valence-electron chi connectivity index (χ2n) is 6.74. The fourth-order valence-electron chi connectivity index (χ4n) is 4.13. The number of carbonyl (C=O) groups is 2. The van der Waals surface area contributed by atoms with E-state index in [9.17, 15) is 14.7 Å². The number of carboxylic acid groups (broad SMARTS) is 1. The van der Waals surface area contributed by atoms with Crippen molar-refractivity contribution in [2.24, 2.45) is 17.3 Å². The molecule has 0 aromatic heterocycles. The van der Waals surface area contributed by atoms with Gasteiger partial charge in [-0.2, -0.15) is 0 Å². The molecule has 1 N–H and O–H groups in total. The minimum Gasteiger partial charge on any atom is -0.478 e. The Kier molecular flexibility index (Phi) is 4.26. The number of rotatable bonds is 3. The first-order valence-corrected chi connectivity index (χ1v) is 7.51. The van der Waals surface area contributed by atoms with Crippen LogP contribution in [-0.4, -0.2) is 23.1 Å². The van der Waals surface area contributed by atoms with Crippen molar-refractivity contribution in [3.8, 4) is 0 Å². The Labute approximate surface area is 125 Å². The van der Waals surface area contributed by atoms with Crippen molar-refractivity contribution < 1.29 is 19.4 Å². The lowest BCUT2D eigenvalue weighted by molar-refractivity contribution is -0.156. The first-order valence-electron chi connectivity index (χ1n) is 7.51. The summed E-state index contributed by atoms with van der Waals surface area (Å²) in [6.45, 7) is 11.5. The number of hydrogen-bond donors (Lipinski definition) is 1. The molecule has 0 spiro atoms. The van der Waals surface area contributed by atoms with Crippen LogP contribution >= 0.6 is 0 Å². The Morgan fingerprint density at radius 3 is 2.67 bits per heavy atom. The maximum Gasteiger partial charge on any atom is 0.331 e. The molecule has 116 valence electrons. The number of esters is 1. The molecular weight excluding hydrogens is 268 g/mol. The molecule has 4 heteroatoms. The zero-order valence-electron chi connectivity index (χ0n) is 12.9. The van der Waals surface area contributed by atoms with Gasteiger partial charge < -0.3 is 9.84 Å². The average Bonchev–Trinajstić information content (AvgIpc) is 2.36. The summed E-state index contributed by atoms with van der Waals surface area (Å²) in [5.41, 5.74) is 1.39. The summed E-state index contributed by atoms with van der Waals surface area (Å²) in [6, 6.07) is 0. The summed E-state index contributed by atoms with van der Waals surface area (Å²) < 4.78 is 5.43. The highest BCUT2D eigenvalue weighted by Gasteiger charge is 2.49. The van der Waals surface area contributed by atoms with Gasteiger partial charge in [-0.05, 0) is 43.4 Å². The highest BCUT2D eigenvalue weighted by Crippen LogP contribution is 2.55. The first-order chi connectivity index (χ1) is 9.74. The third-order valence-electron chi connectivity index (χ3n) is 5.23. The average molecular weight is 292 g/mol. The largest absolute Gasteiger partial charge is 0.478 e. The summed E-state index contributed by atoms with van der Waals surface area (Å²) in [4.78, 5) is 22.7. The zero-order chi connectivity index (χ0) is 15.8. The van der Waals surface area contributed by atoms with Crippen LogP contribution in [0.25, 0.3) is 0 Å². The molecule has 0 bridgehead atoms. The van der Waals surface area contributed by atoms with Crippen LogP contribution in [0.5, 0.6) is 0 Å². The fraction of sp³-hybridized carbons (Fsp3) is 0.647. The van der Waals surface area contributed by atoms with E-state index in [1.54, 1.807) is 0 Å². The predicted molar refractivity (Wildman–Crippen MR) is 79.6 cm³/mol. The number of carbonyl (C=O) groups excluding carboxylic acids is 1. The minimum absolute atomic E-state index is 0.0464. The predicted octanol–water partition coefficient (Wildman–Crippen LogP) is 3.33. The zero-order valence-corrected chi connectivity index (χ0v) is 12.9. The highest BCUT2D eigenvalue weighted by molar-refractivity contribution is 5.86. The lowest BCUT2D eigenvalue weighted by atomic mass is 9.55. The molecule has 2 aliphatic rings. The molecule has 4 unspecified atom stereocenters. The first kappa shape index (κ1) is 15.8. The summed E-state index contributed by atoms with van der Waals surface area (Å²) in [7, 11) is 0. The molecule has 4 nitrogen and oxygen atoms in total. The Morgan fingerprint density at radius 1 is 1.43 bits per heavy atom. The normalized spacial score (nSPS) is 35.7. The summed E-state index contributed by atoms with van der Waals surface area (Å²) in [6.07, 6.45) is 4.14. The summed E-state index contributed by atoms with van der Waals surface area (Å²) in [5, 5.41) is 9.25. The molecule has 0 saturated heterocycles. The van der Waals surface area contributed by atoms with Crippen LogP contribution in [0.3, 0.4) is 0 Å². The molecule has 0 aromatic rings. The maximum atomic E-state index is 11.4. The van der Waals surface area contributed by atoms with E-state index >= 15 is 0 Å². The van der Waals surface area contributed by atoms with Crippen LogP contribution in [0, 0.1) is 17.3 Å². The molecule has 2 rings (SSSR count). The molecule has 0 aliphatic heterocycles. The van der Waals surface area contributed by atoms with E-state index < -0.39 is 12.1 Å². The van der Waals surface area contributed by atoms with Crippen LogP contribution in [0.15, 0.2) is 24.3 Å². The smallest absolute Gasteiger partial charge is 0.331 e. The van der Waals surface area contributed by atoms with E-state index in [1.807, 2.05) is 0 Å². The molecule has 21 heavy (non-hydrogen) atoms. The molecule has 2 saturated carbocycles. The SMILES string of the molecule is C=C(C(=O)O)C1CC2C(=C)CCCC2(C)CC1OC(C)=O. The lowest BCUT2D eigenvalue weighted by Crippen LogP contribution is -2.47. The molecular formula is C17H24O4. The van der Waals surface area contributed by atoms with E-state index in [0.717, 1.165) is 19.3 Å². The quantitative estimate of drug-likeness (QED) is 0.492. The van der Waals surface area contributed by atoms with Crippen molar-refractivity contribution in [2.45, 2.75) is 52.1 Å². The van der Waals surface area contributed by atoms with Crippen LogP contribution in [-0.2, 0) is 14.3 Å². The number of carboxylic acids is 1. The van der Waals surface area contributed by atoms with Gasteiger partial charge in [0.1, 0.15) is 6.10 Å². The van der Waals surface area contributed by atoms with Gasteiger partial charge in [-0.3, -0.25) is 4.79 Å². The molecule has 0 radical (unpaired) electrons. The molecule has 4 atom stereocenters. The van der Waals surface area contributed by atoms with E-state index in [4.69, 9.17) is 4.74 Å². The van der Waals surface area contributed by atoms with E-state index in [1.165, 1.54) is 12.5 Å². The van der Waals surface area contributed by atoms with Crippen LogP contribution in [0.4, 0.5) is 0 Å². The third-order valence-corrected chi connectivity index (χ3v) is 5.23. The third kappa shape index (κ3) is 3.04. The summed E-state index contributed by atoms with van der Waals surface area (Å²) >= 11 is 0. The Balaban J connectivity index is 2.29. The van der Waals surface area contributed by atoms with E-state index in [0.29, 0.717) is 18.8 Å². The molecule has 2 fully saturated rings. The van der Waals surface area contributed by atoms with Gasteiger partial charge in [0.25, 0.3) is 0 Å². The Morgan fingerprint density at radius 2 is 2.10 bits per heavy atom. The Hall–Kier alpha value is -1.58. The van der Waals surface area contributed by atoms with Crippen LogP contribution in [0.1, 0.15) is 46.0 Å². The van der Waals surface area contributed by atoms with Crippen molar-refractivity contribution in [3.05, 3.63) is 24.3 Å². The van der Waals surface area contributed by atoms with Crippen LogP contribution < -0.4 is 0 Å². The van der Waals surface area contributed by atoms with Crippen molar-refractivity contribution in [2.75, 3.05) is 0 Å². The molecule has 0 heterocycles. The number of allylic oxidation sites excluding steroid dienone is 1. The minimum atomic E-state index is -1.01.